The Morgan fingerprint density at radius 1 is 0.903 bits per heavy atom. The molecule has 0 aliphatic carbocycles. The van der Waals surface area contributed by atoms with Crippen molar-refractivity contribution in [3.05, 3.63) is 88.9 Å². The van der Waals surface area contributed by atoms with Gasteiger partial charge in [0.05, 0.1) is 10.6 Å². The molecule has 31 heavy (non-hydrogen) atoms. The average molecular weight is 495 g/mol. The molecule has 0 aromatic heterocycles. The minimum Gasteiger partial charge on any atom is -0.354 e. The van der Waals surface area contributed by atoms with Crippen molar-refractivity contribution in [2.45, 2.75) is 9.79 Å². The normalized spacial score (nSPS) is 11.2. The van der Waals surface area contributed by atoms with Gasteiger partial charge in [0.15, 0.2) is 0 Å². The van der Waals surface area contributed by atoms with Crippen LogP contribution in [0.4, 0.5) is 5.69 Å². The molecule has 0 fully saturated rings. The van der Waals surface area contributed by atoms with Gasteiger partial charge in [-0.3, -0.25) is 9.10 Å². The second kappa shape index (κ2) is 10.9. The summed E-state index contributed by atoms with van der Waals surface area (Å²) < 4.78 is 27.5. The van der Waals surface area contributed by atoms with E-state index >= 15 is 0 Å². The van der Waals surface area contributed by atoms with Crippen LogP contribution in [0.25, 0.3) is 0 Å². The number of carbonyl (C=O) groups excluding carboxylic acids is 1. The van der Waals surface area contributed by atoms with E-state index in [4.69, 9.17) is 23.2 Å². The molecule has 0 aliphatic heterocycles. The van der Waals surface area contributed by atoms with E-state index in [1.807, 2.05) is 30.3 Å². The predicted octanol–water partition coefficient (Wildman–Crippen LogP) is 5.10. The third kappa shape index (κ3) is 6.64. The number of benzene rings is 3. The van der Waals surface area contributed by atoms with E-state index < -0.39 is 22.5 Å². The van der Waals surface area contributed by atoms with Crippen LogP contribution in [-0.2, 0) is 14.8 Å². The first-order valence-corrected chi connectivity index (χ1v) is 12.5. The first-order chi connectivity index (χ1) is 14.9. The summed E-state index contributed by atoms with van der Waals surface area (Å²) in [6.45, 7) is -0.00216. The van der Waals surface area contributed by atoms with E-state index in [0.717, 1.165) is 9.20 Å². The van der Waals surface area contributed by atoms with E-state index in [9.17, 15) is 13.2 Å². The maximum atomic E-state index is 13.3. The van der Waals surface area contributed by atoms with Gasteiger partial charge in [-0.25, -0.2) is 8.42 Å². The Bertz CT molecular complexity index is 1110. The zero-order valence-electron chi connectivity index (χ0n) is 16.4. The highest BCUT2D eigenvalue weighted by Crippen LogP contribution is 2.29. The summed E-state index contributed by atoms with van der Waals surface area (Å²) in [5, 5.41) is 3.32. The van der Waals surface area contributed by atoms with Gasteiger partial charge in [-0.2, -0.15) is 0 Å². The Morgan fingerprint density at radius 2 is 1.48 bits per heavy atom. The number of hydrogen-bond donors (Lipinski definition) is 1. The van der Waals surface area contributed by atoms with Gasteiger partial charge in [0.1, 0.15) is 6.54 Å². The summed E-state index contributed by atoms with van der Waals surface area (Å²) in [4.78, 5) is 13.8. The van der Waals surface area contributed by atoms with Gasteiger partial charge in [-0.05, 0) is 42.5 Å². The lowest BCUT2D eigenvalue weighted by Crippen LogP contribution is -2.41. The van der Waals surface area contributed by atoms with Crippen LogP contribution in [0, 0.1) is 0 Å². The molecular formula is C22H20Cl2N2O3S2. The molecule has 0 radical (unpaired) electrons. The van der Waals surface area contributed by atoms with Crippen LogP contribution in [0.2, 0.25) is 10.0 Å². The zero-order valence-corrected chi connectivity index (χ0v) is 19.5. The molecule has 5 nitrogen and oxygen atoms in total. The number of hydrogen-bond acceptors (Lipinski definition) is 4. The van der Waals surface area contributed by atoms with Crippen molar-refractivity contribution in [1.29, 1.82) is 0 Å². The van der Waals surface area contributed by atoms with Gasteiger partial charge in [-0.1, -0.05) is 59.6 Å². The fraction of sp³-hybridized carbons (Fsp3) is 0.136. The number of amides is 1. The molecular weight excluding hydrogens is 475 g/mol. The minimum absolute atomic E-state index is 0.0681. The van der Waals surface area contributed by atoms with Crippen molar-refractivity contribution in [3.8, 4) is 0 Å². The second-order valence-corrected chi connectivity index (χ2v) is 10.4. The molecule has 0 atom stereocenters. The molecule has 3 rings (SSSR count). The molecule has 0 heterocycles. The van der Waals surface area contributed by atoms with Crippen molar-refractivity contribution in [3.63, 3.8) is 0 Å². The number of thioether (sulfide) groups is 1. The van der Waals surface area contributed by atoms with Crippen molar-refractivity contribution in [2.75, 3.05) is 23.1 Å². The summed E-state index contributed by atoms with van der Waals surface area (Å²) in [6.07, 6.45) is 0. The zero-order chi connectivity index (χ0) is 22.3. The Balaban J connectivity index is 1.74. The molecule has 0 saturated carbocycles. The number of rotatable bonds is 9. The van der Waals surface area contributed by atoms with Crippen LogP contribution in [-0.4, -0.2) is 33.2 Å². The summed E-state index contributed by atoms with van der Waals surface area (Å²) in [6, 6.07) is 22.2. The van der Waals surface area contributed by atoms with Gasteiger partial charge in [0, 0.05) is 27.2 Å². The number of nitrogens with zero attached hydrogens (tertiary/aromatic N) is 1. The van der Waals surface area contributed by atoms with E-state index in [-0.39, 0.29) is 20.6 Å². The van der Waals surface area contributed by atoms with E-state index in [1.165, 1.54) is 30.3 Å². The Labute approximate surface area is 196 Å². The standard InChI is InChI=1S/C22H20Cl2N2O3S2/c23-17-13-18(24)15-19(14-17)26(31(28,29)21-9-5-2-6-10-21)16-22(27)25-11-12-30-20-7-3-1-4-8-20/h1-10,13-15H,11-12,16H2,(H,25,27). The summed E-state index contributed by atoms with van der Waals surface area (Å²) in [5.41, 5.74) is 0.218. The van der Waals surface area contributed by atoms with Crippen LogP contribution < -0.4 is 9.62 Å². The smallest absolute Gasteiger partial charge is 0.264 e. The van der Waals surface area contributed by atoms with Crippen LogP contribution in [0.1, 0.15) is 0 Å². The van der Waals surface area contributed by atoms with Crippen LogP contribution >= 0.6 is 35.0 Å². The molecule has 1 amide bonds. The lowest BCUT2D eigenvalue weighted by atomic mass is 10.3. The molecule has 9 heteroatoms. The van der Waals surface area contributed by atoms with Gasteiger partial charge in [-0.15, -0.1) is 11.8 Å². The number of halogens is 2. The maximum absolute atomic E-state index is 13.3. The molecule has 3 aromatic carbocycles. The van der Waals surface area contributed by atoms with E-state index in [1.54, 1.807) is 30.0 Å². The number of sulfonamides is 1. The molecule has 0 spiro atoms. The highest BCUT2D eigenvalue weighted by Gasteiger charge is 2.27. The second-order valence-electron chi connectivity index (χ2n) is 6.46. The monoisotopic (exact) mass is 494 g/mol. The van der Waals surface area contributed by atoms with Crippen LogP contribution in [0.3, 0.4) is 0 Å². The van der Waals surface area contributed by atoms with Crippen molar-refractivity contribution in [1.82, 2.24) is 5.32 Å². The first kappa shape index (κ1) is 23.5. The van der Waals surface area contributed by atoms with Crippen molar-refractivity contribution in [2.24, 2.45) is 0 Å². The summed E-state index contributed by atoms with van der Waals surface area (Å²) in [7, 11) is -4.01. The number of nitrogens with one attached hydrogen (secondary N) is 1. The van der Waals surface area contributed by atoms with E-state index in [2.05, 4.69) is 5.32 Å². The van der Waals surface area contributed by atoms with Crippen molar-refractivity contribution < 1.29 is 13.2 Å². The minimum atomic E-state index is -4.01. The van der Waals surface area contributed by atoms with E-state index in [0.29, 0.717) is 12.3 Å². The van der Waals surface area contributed by atoms with Gasteiger partial charge >= 0.3 is 0 Å². The third-order valence-electron chi connectivity index (χ3n) is 4.19. The first-order valence-electron chi connectivity index (χ1n) is 9.35. The number of carbonyl (C=O) groups is 1. The highest BCUT2D eigenvalue weighted by molar-refractivity contribution is 7.99. The largest absolute Gasteiger partial charge is 0.354 e. The van der Waals surface area contributed by atoms with Gasteiger partial charge in [0.25, 0.3) is 10.0 Å². The molecule has 0 unspecified atom stereocenters. The quantitative estimate of drug-likeness (QED) is 0.332. The number of anilines is 1. The van der Waals surface area contributed by atoms with Gasteiger partial charge < -0.3 is 5.32 Å². The van der Waals surface area contributed by atoms with Crippen molar-refractivity contribution >= 4 is 56.6 Å². The Hall–Kier alpha value is -2.19. The van der Waals surface area contributed by atoms with Gasteiger partial charge in [0.2, 0.25) is 5.91 Å². The fourth-order valence-corrected chi connectivity index (χ4v) is 5.51. The molecule has 3 aromatic rings. The van der Waals surface area contributed by atoms with Crippen LogP contribution in [0.15, 0.2) is 88.7 Å². The molecule has 162 valence electrons. The SMILES string of the molecule is O=C(CN(c1cc(Cl)cc(Cl)c1)S(=O)(=O)c1ccccc1)NCCSc1ccccc1. The maximum Gasteiger partial charge on any atom is 0.264 e. The molecule has 1 N–H and O–H groups in total. The highest BCUT2D eigenvalue weighted by atomic mass is 35.5. The van der Waals surface area contributed by atoms with Crippen LogP contribution in [0.5, 0.6) is 0 Å². The Kier molecular flexibility index (Phi) is 8.26. The topological polar surface area (TPSA) is 66.5 Å². The fourth-order valence-electron chi connectivity index (χ4n) is 2.78. The molecule has 0 bridgehead atoms. The third-order valence-corrected chi connectivity index (χ3v) is 7.43. The summed E-state index contributed by atoms with van der Waals surface area (Å²) in [5.74, 6) is 0.230. The lowest BCUT2D eigenvalue weighted by molar-refractivity contribution is -0.119. The lowest BCUT2D eigenvalue weighted by Gasteiger charge is -2.24. The molecule has 0 aliphatic rings. The average Bonchev–Trinajstić information content (AvgIpc) is 2.75. The Morgan fingerprint density at radius 3 is 2.10 bits per heavy atom. The summed E-state index contributed by atoms with van der Waals surface area (Å²) >= 11 is 13.8. The predicted molar refractivity (Wildman–Crippen MR) is 128 cm³/mol. The molecule has 0 saturated heterocycles.